The minimum absolute atomic E-state index is 0.109. The number of nitrogens with one attached hydrogen (secondary N) is 1. The molecule has 1 amide bonds. The Morgan fingerprint density at radius 1 is 1.12 bits per heavy atom. The highest BCUT2D eigenvalue weighted by Crippen LogP contribution is 2.46. The summed E-state index contributed by atoms with van der Waals surface area (Å²) in [6.45, 7) is 3.59. The Balaban J connectivity index is 1.34. The van der Waals surface area contributed by atoms with Crippen LogP contribution in [0.3, 0.4) is 0 Å². The lowest BCUT2D eigenvalue weighted by Gasteiger charge is -2.40. The van der Waals surface area contributed by atoms with E-state index in [4.69, 9.17) is 4.42 Å². The molecule has 1 aliphatic heterocycles. The highest BCUT2D eigenvalue weighted by atomic mass is 16.4. The van der Waals surface area contributed by atoms with Crippen LogP contribution in [0.25, 0.3) is 11.5 Å². The zero-order chi connectivity index (χ0) is 18.0. The van der Waals surface area contributed by atoms with Gasteiger partial charge in [-0.2, -0.15) is 0 Å². The number of amides is 1. The Kier molecular flexibility index (Phi) is 4.66. The van der Waals surface area contributed by atoms with Crippen molar-refractivity contribution in [1.82, 2.24) is 15.1 Å². The lowest BCUT2D eigenvalue weighted by molar-refractivity contribution is -0.134. The van der Waals surface area contributed by atoms with Gasteiger partial charge in [0.05, 0.1) is 0 Å². The van der Waals surface area contributed by atoms with Gasteiger partial charge in [0, 0.05) is 18.7 Å². The molecule has 1 N–H and O–H groups in total. The van der Waals surface area contributed by atoms with Gasteiger partial charge >= 0.3 is 6.01 Å². The first kappa shape index (κ1) is 17.1. The van der Waals surface area contributed by atoms with Gasteiger partial charge < -0.3 is 14.6 Å². The maximum atomic E-state index is 12.8. The molecule has 1 aliphatic carbocycles. The van der Waals surface area contributed by atoms with Gasteiger partial charge in [0.25, 0.3) is 0 Å². The fraction of sp³-hybridized carbons (Fsp3) is 0.550. The molecule has 26 heavy (non-hydrogen) atoms. The van der Waals surface area contributed by atoms with Gasteiger partial charge in [-0.15, -0.1) is 5.10 Å². The fourth-order valence-corrected chi connectivity index (χ4v) is 4.33. The van der Waals surface area contributed by atoms with Gasteiger partial charge in [0.15, 0.2) is 0 Å². The van der Waals surface area contributed by atoms with Crippen LogP contribution in [0, 0.1) is 5.41 Å². The number of benzene rings is 1. The summed E-state index contributed by atoms with van der Waals surface area (Å²) >= 11 is 0. The van der Waals surface area contributed by atoms with E-state index in [1.165, 1.54) is 25.7 Å². The molecular formula is C20H26N4O2. The molecule has 2 aliphatic rings. The Morgan fingerprint density at radius 3 is 2.50 bits per heavy atom. The van der Waals surface area contributed by atoms with E-state index in [9.17, 15) is 4.79 Å². The molecule has 1 saturated carbocycles. The number of nitrogens with zero attached hydrogens (tertiary/aromatic N) is 3. The van der Waals surface area contributed by atoms with Crippen LogP contribution >= 0.6 is 0 Å². The number of hydrogen-bond donors (Lipinski definition) is 1. The van der Waals surface area contributed by atoms with Gasteiger partial charge in [-0.25, -0.2) is 0 Å². The van der Waals surface area contributed by atoms with Crippen LogP contribution < -0.4 is 5.32 Å². The molecule has 2 heterocycles. The van der Waals surface area contributed by atoms with Gasteiger partial charge in [0.1, 0.15) is 6.04 Å². The minimum atomic E-state index is -0.378. The number of carbonyl (C=O) groups excluding carboxylic acids is 1. The molecule has 2 aromatic rings. The number of anilines is 1. The molecule has 1 aromatic carbocycles. The first-order valence-electron chi connectivity index (χ1n) is 9.60. The standard InChI is InChI=1S/C20H26N4O2/c1-15(18(25)24-13-11-20(12-14-24)9-5-6-10-20)21-19-23-22-17(26-19)16-7-3-2-4-8-16/h2-4,7-8,15H,5-6,9-14H2,1H3,(H,21,23)/t15-/m1/s1. The monoisotopic (exact) mass is 354 g/mol. The Bertz CT molecular complexity index is 742. The van der Waals surface area contributed by atoms with Crippen molar-refractivity contribution in [3.05, 3.63) is 30.3 Å². The molecule has 0 bridgehead atoms. The smallest absolute Gasteiger partial charge is 0.316 e. The molecule has 0 unspecified atom stereocenters. The third-order valence-electron chi connectivity index (χ3n) is 5.96. The number of likely N-dealkylation sites (tertiary alicyclic amines) is 1. The molecule has 0 radical (unpaired) electrons. The molecular weight excluding hydrogens is 328 g/mol. The molecule has 6 heteroatoms. The molecule has 138 valence electrons. The molecule has 1 spiro atoms. The molecule has 1 atom stereocenters. The summed E-state index contributed by atoms with van der Waals surface area (Å²) in [5, 5.41) is 11.1. The van der Waals surface area contributed by atoms with E-state index < -0.39 is 0 Å². The average Bonchev–Trinajstić information content (AvgIpc) is 3.33. The van der Waals surface area contributed by atoms with Crippen molar-refractivity contribution >= 4 is 11.9 Å². The van der Waals surface area contributed by atoms with Crippen molar-refractivity contribution in [2.24, 2.45) is 5.41 Å². The zero-order valence-electron chi connectivity index (χ0n) is 15.3. The van der Waals surface area contributed by atoms with Crippen LogP contribution in [0.2, 0.25) is 0 Å². The first-order valence-corrected chi connectivity index (χ1v) is 9.60. The number of hydrogen-bond acceptors (Lipinski definition) is 5. The van der Waals surface area contributed by atoms with Crippen LogP contribution in [0.5, 0.6) is 0 Å². The van der Waals surface area contributed by atoms with Crippen molar-refractivity contribution in [2.75, 3.05) is 18.4 Å². The van der Waals surface area contributed by atoms with Crippen molar-refractivity contribution in [3.8, 4) is 11.5 Å². The molecule has 4 rings (SSSR count). The van der Waals surface area contributed by atoms with Crippen LogP contribution in [0.15, 0.2) is 34.7 Å². The van der Waals surface area contributed by atoms with E-state index in [1.54, 1.807) is 0 Å². The fourth-order valence-electron chi connectivity index (χ4n) is 4.33. The van der Waals surface area contributed by atoms with E-state index in [2.05, 4.69) is 15.5 Å². The van der Waals surface area contributed by atoms with Crippen LogP contribution in [-0.4, -0.2) is 40.1 Å². The summed E-state index contributed by atoms with van der Waals surface area (Å²) in [5.74, 6) is 0.561. The number of carbonyl (C=O) groups is 1. The number of piperidine rings is 1. The Labute approximate surface area is 154 Å². The third-order valence-corrected chi connectivity index (χ3v) is 5.96. The number of rotatable bonds is 4. The summed E-state index contributed by atoms with van der Waals surface area (Å²) in [5.41, 5.74) is 1.38. The van der Waals surface area contributed by atoms with E-state index in [-0.39, 0.29) is 18.0 Å². The molecule has 1 aromatic heterocycles. The highest BCUT2D eigenvalue weighted by molar-refractivity contribution is 5.83. The lowest BCUT2D eigenvalue weighted by Crippen LogP contribution is -2.47. The summed E-state index contributed by atoms with van der Waals surface area (Å²) in [6.07, 6.45) is 7.67. The van der Waals surface area contributed by atoms with Crippen LogP contribution in [-0.2, 0) is 4.79 Å². The summed E-state index contributed by atoms with van der Waals surface area (Å²) in [7, 11) is 0. The van der Waals surface area contributed by atoms with Gasteiger partial charge in [-0.3, -0.25) is 4.79 Å². The zero-order valence-corrected chi connectivity index (χ0v) is 15.3. The summed E-state index contributed by atoms with van der Waals surface area (Å²) < 4.78 is 5.65. The van der Waals surface area contributed by atoms with E-state index in [0.717, 1.165) is 31.5 Å². The minimum Gasteiger partial charge on any atom is -0.403 e. The predicted molar refractivity (Wildman–Crippen MR) is 99.5 cm³/mol. The topological polar surface area (TPSA) is 71.3 Å². The number of aromatic nitrogens is 2. The van der Waals surface area contributed by atoms with Crippen molar-refractivity contribution in [2.45, 2.75) is 51.5 Å². The van der Waals surface area contributed by atoms with E-state index in [1.807, 2.05) is 42.2 Å². The van der Waals surface area contributed by atoms with Gasteiger partial charge in [0.2, 0.25) is 11.8 Å². The largest absolute Gasteiger partial charge is 0.403 e. The van der Waals surface area contributed by atoms with Crippen LogP contribution in [0.4, 0.5) is 6.01 Å². The van der Waals surface area contributed by atoms with Crippen LogP contribution in [0.1, 0.15) is 45.4 Å². The maximum absolute atomic E-state index is 12.8. The van der Waals surface area contributed by atoms with Gasteiger partial charge in [-0.05, 0) is 50.2 Å². The second-order valence-corrected chi connectivity index (χ2v) is 7.68. The van der Waals surface area contributed by atoms with E-state index >= 15 is 0 Å². The van der Waals surface area contributed by atoms with E-state index in [0.29, 0.717) is 11.3 Å². The van der Waals surface area contributed by atoms with Crippen molar-refractivity contribution < 1.29 is 9.21 Å². The highest BCUT2D eigenvalue weighted by Gasteiger charge is 2.38. The average molecular weight is 354 g/mol. The maximum Gasteiger partial charge on any atom is 0.316 e. The van der Waals surface area contributed by atoms with Crippen molar-refractivity contribution in [3.63, 3.8) is 0 Å². The first-order chi connectivity index (χ1) is 12.7. The Morgan fingerprint density at radius 2 is 1.81 bits per heavy atom. The predicted octanol–water partition coefficient (Wildman–Crippen LogP) is 3.72. The second kappa shape index (κ2) is 7.09. The van der Waals surface area contributed by atoms with Crippen molar-refractivity contribution in [1.29, 1.82) is 0 Å². The summed E-state index contributed by atoms with van der Waals surface area (Å²) in [6, 6.07) is 9.52. The molecule has 1 saturated heterocycles. The van der Waals surface area contributed by atoms with Gasteiger partial charge in [-0.1, -0.05) is 36.1 Å². The molecule has 2 fully saturated rings. The Hall–Kier alpha value is -2.37. The SMILES string of the molecule is C[C@@H](Nc1nnc(-c2ccccc2)o1)C(=O)N1CCC2(CCCC2)CC1. The lowest BCUT2D eigenvalue weighted by atomic mass is 9.77. The second-order valence-electron chi connectivity index (χ2n) is 7.68. The normalized spacial score (nSPS) is 20.3. The quantitative estimate of drug-likeness (QED) is 0.906. The third kappa shape index (κ3) is 3.45. The molecule has 6 nitrogen and oxygen atoms in total. The summed E-state index contributed by atoms with van der Waals surface area (Å²) in [4.78, 5) is 14.7.